The topological polar surface area (TPSA) is 75.4 Å². The van der Waals surface area contributed by atoms with E-state index in [1.807, 2.05) is 24.3 Å². The molecule has 1 amide bonds. The van der Waals surface area contributed by atoms with E-state index >= 15 is 0 Å². The Kier molecular flexibility index (Phi) is 4.96. The summed E-state index contributed by atoms with van der Waals surface area (Å²) in [7, 11) is 0. The van der Waals surface area contributed by atoms with Crippen molar-refractivity contribution in [3.63, 3.8) is 0 Å². The maximum Gasteiger partial charge on any atom is 0.227 e. The molecule has 19 heavy (non-hydrogen) atoms. The number of carbonyl (C=O) groups is 1. The Balaban J connectivity index is 0.00000180. The molecule has 0 saturated heterocycles. The van der Waals surface area contributed by atoms with Crippen LogP contribution < -0.4 is 11.1 Å². The molecular weight excluding hydrogens is 264 g/mol. The van der Waals surface area contributed by atoms with Crippen LogP contribution in [0.2, 0.25) is 0 Å². The Morgan fingerprint density at radius 3 is 2.74 bits per heavy atom. The van der Waals surface area contributed by atoms with Crippen LogP contribution in [0.5, 0.6) is 0 Å². The number of rotatable bonds is 3. The molecule has 0 radical (unpaired) electrons. The maximum atomic E-state index is 12.1. The Hall–Kier alpha value is -1.10. The van der Waals surface area contributed by atoms with Crippen molar-refractivity contribution in [2.75, 3.05) is 6.54 Å². The van der Waals surface area contributed by atoms with Gasteiger partial charge >= 0.3 is 0 Å². The highest BCUT2D eigenvalue weighted by Crippen LogP contribution is 2.32. The molecule has 1 aliphatic carbocycles. The van der Waals surface area contributed by atoms with Crippen molar-refractivity contribution in [1.82, 2.24) is 5.32 Å². The second kappa shape index (κ2) is 5.90. The van der Waals surface area contributed by atoms with Crippen molar-refractivity contribution in [2.45, 2.75) is 32.4 Å². The zero-order chi connectivity index (χ0) is 13.3. The number of carbonyl (C=O) groups excluding carboxylic acids is 1. The largest absolute Gasteiger partial charge is 0.390 e. The van der Waals surface area contributed by atoms with Gasteiger partial charge < -0.3 is 16.2 Å². The molecule has 1 aromatic rings. The minimum atomic E-state index is -0.614. The van der Waals surface area contributed by atoms with E-state index in [0.717, 1.165) is 11.1 Å². The quantitative estimate of drug-likeness (QED) is 0.780. The van der Waals surface area contributed by atoms with Gasteiger partial charge in [0, 0.05) is 13.0 Å². The Bertz CT molecular complexity index is 463. The lowest BCUT2D eigenvalue weighted by molar-refractivity contribution is -0.130. The van der Waals surface area contributed by atoms with Crippen LogP contribution in [0, 0.1) is 5.41 Å². The second-order valence-corrected chi connectivity index (χ2v) is 5.51. The molecule has 0 fully saturated rings. The first-order valence-electron chi connectivity index (χ1n) is 6.22. The SMILES string of the molecule is CC(C)(CN)C(=O)N[C@@H]1c2ccccc2C[C@@H]1O.Cl. The highest BCUT2D eigenvalue weighted by atomic mass is 35.5. The lowest BCUT2D eigenvalue weighted by Crippen LogP contribution is -2.45. The van der Waals surface area contributed by atoms with Gasteiger partial charge in [0.2, 0.25) is 5.91 Å². The predicted octanol–water partition coefficient (Wildman–Crippen LogP) is 1.17. The molecule has 2 atom stereocenters. The number of benzene rings is 1. The average Bonchev–Trinajstić information content (AvgIpc) is 2.66. The van der Waals surface area contributed by atoms with Crippen molar-refractivity contribution in [3.05, 3.63) is 35.4 Å². The summed E-state index contributed by atoms with van der Waals surface area (Å²) in [4.78, 5) is 12.1. The van der Waals surface area contributed by atoms with Crippen LogP contribution in [-0.2, 0) is 11.2 Å². The number of aliphatic hydroxyl groups excluding tert-OH is 1. The zero-order valence-electron chi connectivity index (χ0n) is 11.2. The van der Waals surface area contributed by atoms with Gasteiger partial charge in [-0.2, -0.15) is 0 Å². The van der Waals surface area contributed by atoms with Crippen LogP contribution in [0.4, 0.5) is 0 Å². The summed E-state index contributed by atoms with van der Waals surface area (Å²) in [5.74, 6) is -0.120. The lowest BCUT2D eigenvalue weighted by Gasteiger charge is -2.26. The summed E-state index contributed by atoms with van der Waals surface area (Å²) in [6.45, 7) is 3.88. The standard InChI is InChI=1S/C14H20N2O2.ClH/c1-14(2,8-15)13(18)16-12-10-6-4-3-5-9(10)7-11(12)17;/h3-6,11-12,17H,7-8,15H2,1-2H3,(H,16,18);1H/t11-,12+;/m0./s1. The van der Waals surface area contributed by atoms with Crippen LogP contribution in [-0.4, -0.2) is 23.7 Å². The van der Waals surface area contributed by atoms with Gasteiger partial charge in [0.25, 0.3) is 0 Å². The van der Waals surface area contributed by atoms with Crippen LogP contribution in [0.3, 0.4) is 0 Å². The van der Waals surface area contributed by atoms with Gasteiger partial charge in [-0.3, -0.25) is 4.79 Å². The van der Waals surface area contributed by atoms with Crippen LogP contribution in [0.1, 0.15) is 31.0 Å². The number of aliphatic hydroxyl groups is 1. The van der Waals surface area contributed by atoms with Crippen molar-refractivity contribution < 1.29 is 9.90 Å². The summed E-state index contributed by atoms with van der Waals surface area (Å²) in [6, 6.07) is 7.48. The molecule has 5 heteroatoms. The van der Waals surface area contributed by atoms with E-state index in [0.29, 0.717) is 6.42 Å². The summed E-state index contributed by atoms with van der Waals surface area (Å²) in [5.41, 5.74) is 7.08. The number of amides is 1. The lowest BCUT2D eigenvalue weighted by atomic mass is 9.92. The van der Waals surface area contributed by atoms with Crippen LogP contribution >= 0.6 is 12.4 Å². The van der Waals surface area contributed by atoms with E-state index in [2.05, 4.69) is 5.32 Å². The van der Waals surface area contributed by atoms with Crippen molar-refractivity contribution in [2.24, 2.45) is 11.1 Å². The van der Waals surface area contributed by atoms with E-state index in [1.54, 1.807) is 13.8 Å². The Labute approximate surface area is 119 Å². The molecule has 4 N–H and O–H groups in total. The van der Waals surface area contributed by atoms with Crippen molar-refractivity contribution in [3.8, 4) is 0 Å². The van der Waals surface area contributed by atoms with Gasteiger partial charge in [0.1, 0.15) is 0 Å². The van der Waals surface area contributed by atoms with Crippen LogP contribution in [0.15, 0.2) is 24.3 Å². The first kappa shape index (κ1) is 16.0. The highest BCUT2D eigenvalue weighted by molar-refractivity contribution is 5.85. The second-order valence-electron chi connectivity index (χ2n) is 5.51. The predicted molar refractivity (Wildman–Crippen MR) is 77.1 cm³/mol. The van der Waals surface area contributed by atoms with Crippen molar-refractivity contribution >= 4 is 18.3 Å². The summed E-state index contributed by atoms with van der Waals surface area (Å²) in [5, 5.41) is 13.0. The van der Waals surface area contributed by atoms with E-state index < -0.39 is 11.5 Å². The smallest absolute Gasteiger partial charge is 0.227 e. The number of nitrogens with two attached hydrogens (primary N) is 1. The molecule has 0 saturated carbocycles. The number of hydrogen-bond donors (Lipinski definition) is 3. The number of fused-ring (bicyclic) bond motifs is 1. The van der Waals surface area contributed by atoms with Gasteiger partial charge in [-0.25, -0.2) is 0 Å². The third kappa shape index (κ3) is 3.08. The first-order chi connectivity index (χ1) is 8.45. The number of halogens is 1. The summed E-state index contributed by atoms with van der Waals surface area (Å²) < 4.78 is 0. The number of hydrogen-bond acceptors (Lipinski definition) is 3. The Morgan fingerprint density at radius 2 is 2.11 bits per heavy atom. The molecule has 0 heterocycles. The third-order valence-electron chi connectivity index (χ3n) is 3.62. The number of nitrogens with one attached hydrogen (secondary N) is 1. The van der Waals surface area contributed by atoms with Gasteiger partial charge in [0.05, 0.1) is 17.6 Å². The fourth-order valence-electron chi connectivity index (χ4n) is 2.18. The molecule has 1 aromatic carbocycles. The van der Waals surface area contributed by atoms with Gasteiger partial charge in [-0.05, 0) is 25.0 Å². The van der Waals surface area contributed by atoms with E-state index in [4.69, 9.17) is 5.73 Å². The normalized spacial score (nSPS) is 21.5. The minimum absolute atomic E-state index is 0. The van der Waals surface area contributed by atoms with Gasteiger partial charge in [0.15, 0.2) is 0 Å². The minimum Gasteiger partial charge on any atom is -0.390 e. The fourth-order valence-corrected chi connectivity index (χ4v) is 2.18. The van der Waals surface area contributed by atoms with E-state index in [1.165, 1.54) is 0 Å². The molecule has 4 nitrogen and oxygen atoms in total. The van der Waals surface area contributed by atoms with Crippen LogP contribution in [0.25, 0.3) is 0 Å². The molecule has 0 unspecified atom stereocenters. The maximum absolute atomic E-state index is 12.1. The molecule has 106 valence electrons. The first-order valence-corrected chi connectivity index (χ1v) is 6.22. The fraction of sp³-hybridized carbons (Fsp3) is 0.500. The third-order valence-corrected chi connectivity index (χ3v) is 3.62. The Morgan fingerprint density at radius 1 is 1.47 bits per heavy atom. The zero-order valence-corrected chi connectivity index (χ0v) is 12.0. The molecule has 1 aliphatic rings. The molecule has 0 spiro atoms. The van der Waals surface area contributed by atoms with E-state index in [-0.39, 0.29) is 30.9 Å². The van der Waals surface area contributed by atoms with Gasteiger partial charge in [-0.1, -0.05) is 24.3 Å². The van der Waals surface area contributed by atoms with E-state index in [9.17, 15) is 9.90 Å². The molecule has 0 aliphatic heterocycles. The molecule has 0 bridgehead atoms. The average molecular weight is 285 g/mol. The summed E-state index contributed by atoms with van der Waals surface area (Å²) in [6.07, 6.45) is 0.0318. The van der Waals surface area contributed by atoms with Gasteiger partial charge in [-0.15, -0.1) is 12.4 Å². The molecular formula is C14H21ClN2O2. The highest BCUT2D eigenvalue weighted by Gasteiger charge is 2.35. The van der Waals surface area contributed by atoms with Crippen molar-refractivity contribution in [1.29, 1.82) is 0 Å². The molecule has 2 rings (SSSR count). The molecule has 0 aromatic heterocycles. The summed E-state index contributed by atoms with van der Waals surface area (Å²) >= 11 is 0. The monoisotopic (exact) mass is 284 g/mol.